The van der Waals surface area contributed by atoms with E-state index in [-0.39, 0.29) is 18.1 Å². The fourth-order valence-corrected chi connectivity index (χ4v) is 2.33. The number of rotatable bonds is 2. The van der Waals surface area contributed by atoms with Gasteiger partial charge >= 0.3 is 12.0 Å². The van der Waals surface area contributed by atoms with E-state index in [0.717, 1.165) is 6.42 Å². The van der Waals surface area contributed by atoms with Crippen LogP contribution in [0.5, 0.6) is 0 Å². The maximum absolute atomic E-state index is 12.1. The quantitative estimate of drug-likeness (QED) is 0.769. The molecule has 1 aliphatic rings. The number of carboxylic acid groups (broad SMARTS) is 1. The molecule has 6 heteroatoms. The summed E-state index contributed by atoms with van der Waals surface area (Å²) in [5, 5.41) is 21.5. The van der Waals surface area contributed by atoms with Crippen LogP contribution in [0.25, 0.3) is 0 Å². The van der Waals surface area contributed by atoms with Gasteiger partial charge in [0.15, 0.2) is 0 Å². The summed E-state index contributed by atoms with van der Waals surface area (Å²) in [6, 6.07) is 5.75. The number of urea groups is 1. The van der Waals surface area contributed by atoms with Gasteiger partial charge in [-0.1, -0.05) is 6.07 Å². The Kier molecular flexibility index (Phi) is 3.94. The molecule has 1 saturated heterocycles. The molecule has 2 amide bonds. The largest absolute Gasteiger partial charge is 0.478 e. The van der Waals surface area contributed by atoms with Crippen LogP contribution in [0.2, 0.25) is 0 Å². The number of β-amino-alcohol motifs (C(OH)–C–C–N with tert-alkyl or cyclic N) is 1. The second-order valence-corrected chi connectivity index (χ2v) is 5.34. The Morgan fingerprint density at radius 1 is 1.40 bits per heavy atom. The number of carbonyl (C=O) groups excluding carboxylic acids is 1. The molecule has 0 aliphatic carbocycles. The number of nitrogens with zero attached hydrogens (tertiary/aromatic N) is 1. The van der Waals surface area contributed by atoms with E-state index in [1.807, 2.05) is 0 Å². The summed E-state index contributed by atoms with van der Waals surface area (Å²) in [7, 11) is 0. The van der Waals surface area contributed by atoms with Crippen molar-refractivity contribution in [3.63, 3.8) is 0 Å². The summed E-state index contributed by atoms with van der Waals surface area (Å²) in [6.45, 7) is 2.57. The molecule has 0 bridgehead atoms. The maximum Gasteiger partial charge on any atom is 0.335 e. The summed E-state index contributed by atoms with van der Waals surface area (Å²) in [6.07, 6.45) is 1.42. The van der Waals surface area contributed by atoms with Gasteiger partial charge in [-0.25, -0.2) is 9.59 Å². The molecule has 1 aliphatic heterocycles. The van der Waals surface area contributed by atoms with Gasteiger partial charge in [-0.3, -0.25) is 0 Å². The zero-order chi connectivity index (χ0) is 14.8. The third kappa shape index (κ3) is 3.48. The van der Waals surface area contributed by atoms with Crippen LogP contribution in [0.15, 0.2) is 24.3 Å². The molecular weight excluding hydrogens is 260 g/mol. The molecule has 1 unspecified atom stereocenters. The Morgan fingerprint density at radius 2 is 2.15 bits per heavy atom. The fraction of sp³-hybridized carbons (Fsp3) is 0.429. The lowest BCUT2D eigenvalue weighted by atomic mass is 9.95. The van der Waals surface area contributed by atoms with Gasteiger partial charge in [0.2, 0.25) is 0 Å². The minimum Gasteiger partial charge on any atom is -0.478 e. The number of hydrogen-bond acceptors (Lipinski definition) is 3. The molecule has 6 nitrogen and oxygen atoms in total. The van der Waals surface area contributed by atoms with Crippen molar-refractivity contribution >= 4 is 17.7 Å². The van der Waals surface area contributed by atoms with Crippen LogP contribution in [0.4, 0.5) is 10.5 Å². The summed E-state index contributed by atoms with van der Waals surface area (Å²) in [4.78, 5) is 24.5. The fourth-order valence-electron chi connectivity index (χ4n) is 2.33. The van der Waals surface area contributed by atoms with Crippen LogP contribution < -0.4 is 5.32 Å². The molecule has 0 spiro atoms. The summed E-state index contributed by atoms with van der Waals surface area (Å²) in [5.74, 6) is -1.04. The van der Waals surface area contributed by atoms with Gasteiger partial charge in [-0.05, 0) is 38.0 Å². The highest BCUT2D eigenvalue weighted by Crippen LogP contribution is 2.21. The minimum absolute atomic E-state index is 0.119. The van der Waals surface area contributed by atoms with Crippen molar-refractivity contribution in [2.45, 2.75) is 25.4 Å². The van der Waals surface area contributed by atoms with Crippen LogP contribution in [-0.2, 0) is 0 Å². The lowest BCUT2D eigenvalue weighted by Crippen LogP contribution is -2.49. The van der Waals surface area contributed by atoms with Crippen molar-refractivity contribution in [3.05, 3.63) is 29.8 Å². The van der Waals surface area contributed by atoms with Crippen LogP contribution in [0.1, 0.15) is 30.1 Å². The van der Waals surface area contributed by atoms with E-state index in [4.69, 9.17) is 5.11 Å². The molecule has 3 N–H and O–H groups in total. The van der Waals surface area contributed by atoms with Crippen LogP contribution in [0, 0.1) is 0 Å². The average Bonchev–Trinajstić information content (AvgIpc) is 2.37. The molecule has 20 heavy (non-hydrogen) atoms. The normalized spacial score (nSPS) is 22.4. The Hall–Kier alpha value is -2.08. The predicted octanol–water partition coefficient (Wildman–Crippen LogP) is 1.76. The number of aliphatic hydroxyl groups is 1. The number of nitrogens with one attached hydrogen (secondary N) is 1. The van der Waals surface area contributed by atoms with Crippen LogP contribution >= 0.6 is 0 Å². The first-order valence-corrected chi connectivity index (χ1v) is 6.49. The van der Waals surface area contributed by atoms with E-state index in [1.54, 1.807) is 19.1 Å². The number of aromatic carboxylic acids is 1. The van der Waals surface area contributed by atoms with Crippen molar-refractivity contribution in [1.82, 2.24) is 4.90 Å². The number of carbonyl (C=O) groups is 2. The first-order valence-electron chi connectivity index (χ1n) is 6.49. The summed E-state index contributed by atoms with van der Waals surface area (Å²) < 4.78 is 0. The molecule has 0 aromatic heterocycles. The summed E-state index contributed by atoms with van der Waals surface area (Å²) in [5.41, 5.74) is -0.313. The molecule has 1 atom stereocenters. The number of amides is 2. The Bertz CT molecular complexity index is 528. The summed E-state index contributed by atoms with van der Waals surface area (Å²) >= 11 is 0. The molecule has 1 heterocycles. The Morgan fingerprint density at radius 3 is 2.80 bits per heavy atom. The number of anilines is 1. The van der Waals surface area contributed by atoms with E-state index in [1.165, 1.54) is 17.0 Å². The first kappa shape index (κ1) is 14.3. The third-order valence-electron chi connectivity index (χ3n) is 3.32. The van der Waals surface area contributed by atoms with Crippen LogP contribution in [-0.4, -0.2) is 45.8 Å². The number of likely N-dealkylation sites (tertiary alicyclic amines) is 1. The molecule has 2 rings (SSSR count). The second-order valence-electron chi connectivity index (χ2n) is 5.34. The van der Waals surface area contributed by atoms with E-state index >= 15 is 0 Å². The van der Waals surface area contributed by atoms with Gasteiger partial charge in [0.05, 0.1) is 17.7 Å². The van der Waals surface area contributed by atoms with Crippen molar-refractivity contribution in [2.24, 2.45) is 0 Å². The predicted molar refractivity (Wildman–Crippen MR) is 73.9 cm³/mol. The maximum atomic E-state index is 12.1. The molecule has 1 aromatic carbocycles. The third-order valence-corrected chi connectivity index (χ3v) is 3.32. The SMILES string of the molecule is CC1(O)CCCN(C(=O)Nc2cccc(C(=O)O)c2)C1. The number of piperidine rings is 1. The van der Waals surface area contributed by atoms with Crippen molar-refractivity contribution < 1.29 is 19.8 Å². The van der Waals surface area contributed by atoms with E-state index < -0.39 is 11.6 Å². The zero-order valence-corrected chi connectivity index (χ0v) is 11.3. The van der Waals surface area contributed by atoms with Gasteiger partial charge in [0, 0.05) is 12.2 Å². The lowest BCUT2D eigenvalue weighted by Gasteiger charge is -2.36. The molecule has 0 radical (unpaired) electrons. The highest BCUT2D eigenvalue weighted by molar-refractivity contribution is 5.93. The van der Waals surface area contributed by atoms with Crippen LogP contribution in [0.3, 0.4) is 0 Å². The Balaban J connectivity index is 2.04. The van der Waals surface area contributed by atoms with E-state index in [2.05, 4.69) is 5.32 Å². The monoisotopic (exact) mass is 278 g/mol. The van der Waals surface area contributed by atoms with Crippen molar-refractivity contribution in [2.75, 3.05) is 18.4 Å². The standard InChI is InChI=1S/C14H18N2O4/c1-14(20)6-3-7-16(9-14)13(19)15-11-5-2-4-10(8-11)12(17)18/h2,4-5,8,20H,3,6-7,9H2,1H3,(H,15,19)(H,17,18). The van der Waals surface area contributed by atoms with Gasteiger partial charge in [-0.15, -0.1) is 0 Å². The van der Waals surface area contributed by atoms with Crippen molar-refractivity contribution in [3.8, 4) is 0 Å². The highest BCUT2D eigenvalue weighted by atomic mass is 16.4. The highest BCUT2D eigenvalue weighted by Gasteiger charge is 2.30. The number of benzene rings is 1. The molecular formula is C14H18N2O4. The van der Waals surface area contributed by atoms with Gasteiger partial charge in [0.25, 0.3) is 0 Å². The van der Waals surface area contributed by atoms with E-state index in [0.29, 0.717) is 18.7 Å². The minimum atomic E-state index is -1.04. The zero-order valence-electron chi connectivity index (χ0n) is 11.3. The Labute approximate surface area is 117 Å². The smallest absolute Gasteiger partial charge is 0.335 e. The first-order chi connectivity index (χ1) is 9.37. The lowest BCUT2D eigenvalue weighted by molar-refractivity contribution is -0.000636. The van der Waals surface area contributed by atoms with Gasteiger partial charge in [0.1, 0.15) is 0 Å². The number of carboxylic acids is 1. The molecule has 1 fully saturated rings. The average molecular weight is 278 g/mol. The molecule has 108 valence electrons. The van der Waals surface area contributed by atoms with E-state index in [9.17, 15) is 14.7 Å². The molecule has 0 saturated carbocycles. The second kappa shape index (κ2) is 5.50. The van der Waals surface area contributed by atoms with Gasteiger partial charge < -0.3 is 20.4 Å². The topological polar surface area (TPSA) is 89.9 Å². The van der Waals surface area contributed by atoms with Crippen molar-refractivity contribution in [1.29, 1.82) is 0 Å². The molecule has 1 aromatic rings. The number of hydrogen-bond donors (Lipinski definition) is 3. The van der Waals surface area contributed by atoms with Gasteiger partial charge in [-0.2, -0.15) is 0 Å².